The van der Waals surface area contributed by atoms with Gasteiger partial charge in [-0.05, 0) is 44.1 Å². The average molecular weight is 388 g/mol. The molecule has 2 heterocycles. The van der Waals surface area contributed by atoms with E-state index < -0.39 is 11.9 Å². The van der Waals surface area contributed by atoms with Crippen molar-refractivity contribution in [3.05, 3.63) is 28.9 Å². The van der Waals surface area contributed by atoms with Crippen LogP contribution in [-0.2, 0) is 4.79 Å². The normalized spacial score (nSPS) is 20.3. The highest BCUT2D eigenvalue weighted by molar-refractivity contribution is 7.16. The van der Waals surface area contributed by atoms with E-state index >= 15 is 0 Å². The summed E-state index contributed by atoms with van der Waals surface area (Å²) in [6.07, 6.45) is 7.00. The maximum Gasteiger partial charge on any atom is 0.324 e. The monoisotopic (exact) mass is 388 g/mol. The summed E-state index contributed by atoms with van der Waals surface area (Å²) >= 11 is 1.27. The first-order valence-electron chi connectivity index (χ1n) is 8.89. The number of anilines is 1. The molecular weight excluding hydrogens is 364 g/mol. The number of thiazole rings is 1. The first kappa shape index (κ1) is 19.1. The second-order valence-electron chi connectivity index (χ2n) is 6.83. The number of aromatic nitrogens is 1. The molecule has 1 aliphatic carbocycles. The van der Waals surface area contributed by atoms with Crippen molar-refractivity contribution in [2.75, 3.05) is 11.9 Å². The molecule has 1 saturated carbocycles. The van der Waals surface area contributed by atoms with Crippen molar-refractivity contribution >= 4 is 40.3 Å². The number of amides is 3. The number of aliphatic imine (C=N–C) groups is 1. The predicted octanol–water partition coefficient (Wildman–Crippen LogP) is 2.23. The quantitative estimate of drug-likeness (QED) is 0.646. The Morgan fingerprint density at radius 1 is 1.37 bits per heavy atom. The van der Waals surface area contributed by atoms with Crippen LogP contribution in [-0.4, -0.2) is 40.6 Å². The fourth-order valence-corrected chi connectivity index (χ4v) is 3.90. The zero-order valence-corrected chi connectivity index (χ0v) is 16.1. The molecule has 3 rings (SSSR count). The van der Waals surface area contributed by atoms with Gasteiger partial charge in [-0.1, -0.05) is 17.9 Å². The molecule has 0 unspecified atom stereocenters. The third kappa shape index (κ3) is 4.54. The molecule has 0 radical (unpaired) electrons. The molecule has 27 heavy (non-hydrogen) atoms. The highest BCUT2D eigenvalue weighted by Crippen LogP contribution is 2.34. The highest BCUT2D eigenvalue weighted by Gasteiger charge is 2.33. The summed E-state index contributed by atoms with van der Waals surface area (Å²) in [5, 5.41) is 3.16. The number of nitrogens with two attached hydrogens (primary N) is 2. The number of primary amides is 1. The minimum atomic E-state index is -0.565. The Morgan fingerprint density at radius 2 is 2.11 bits per heavy atom. The summed E-state index contributed by atoms with van der Waals surface area (Å²) in [7, 11) is 0. The van der Waals surface area contributed by atoms with Gasteiger partial charge in [0.05, 0.1) is 22.5 Å². The topological polar surface area (TPSA) is 127 Å². The Hall–Kier alpha value is -2.68. The lowest BCUT2D eigenvalue weighted by Crippen LogP contribution is -2.45. The molecule has 9 heteroatoms. The van der Waals surface area contributed by atoms with Crippen LogP contribution < -0.4 is 16.8 Å². The van der Waals surface area contributed by atoms with Crippen LogP contribution in [0.3, 0.4) is 0 Å². The van der Waals surface area contributed by atoms with E-state index in [1.54, 1.807) is 12.4 Å². The van der Waals surface area contributed by atoms with Gasteiger partial charge in [-0.15, -0.1) is 0 Å². The lowest BCUT2D eigenvalue weighted by atomic mass is 10.2. The van der Waals surface area contributed by atoms with Gasteiger partial charge in [0.25, 0.3) is 0 Å². The van der Waals surface area contributed by atoms with Crippen LogP contribution in [0.2, 0.25) is 0 Å². The van der Waals surface area contributed by atoms with E-state index in [4.69, 9.17) is 11.5 Å². The Balaban J connectivity index is 1.65. The van der Waals surface area contributed by atoms with E-state index in [-0.39, 0.29) is 6.03 Å². The second kappa shape index (κ2) is 7.91. The summed E-state index contributed by atoms with van der Waals surface area (Å²) in [4.78, 5) is 34.7. The molecule has 1 saturated heterocycles. The van der Waals surface area contributed by atoms with Crippen molar-refractivity contribution in [1.82, 2.24) is 9.88 Å². The summed E-state index contributed by atoms with van der Waals surface area (Å²) in [6.45, 7) is 6.30. The van der Waals surface area contributed by atoms with Crippen LogP contribution in [0.25, 0.3) is 5.70 Å². The molecule has 1 aromatic heterocycles. The van der Waals surface area contributed by atoms with Gasteiger partial charge < -0.3 is 16.4 Å². The molecule has 8 nitrogen and oxygen atoms in total. The number of hydrogen-bond donors (Lipinski definition) is 3. The maximum absolute atomic E-state index is 12.4. The third-order valence-corrected chi connectivity index (χ3v) is 5.79. The zero-order valence-electron chi connectivity index (χ0n) is 15.3. The van der Waals surface area contributed by atoms with Crippen LogP contribution in [0.1, 0.15) is 36.3 Å². The largest absolute Gasteiger partial charge is 0.396 e. The second-order valence-corrected chi connectivity index (χ2v) is 7.83. The number of rotatable bonds is 6. The molecule has 144 valence electrons. The first-order chi connectivity index (χ1) is 12.9. The van der Waals surface area contributed by atoms with Gasteiger partial charge in [-0.25, -0.2) is 9.78 Å². The predicted molar refractivity (Wildman–Crippen MR) is 107 cm³/mol. The SMILES string of the molecule is C=C(/C=N\C=C(/N)c1sc(NC(=O)N2CCC[C@H]2C(N)=O)nc1C)C1CC1. The number of nitrogens with one attached hydrogen (secondary N) is 1. The molecule has 3 amide bonds. The van der Waals surface area contributed by atoms with E-state index in [1.165, 1.54) is 29.1 Å². The number of allylic oxidation sites excluding steroid dienone is 1. The molecule has 0 aromatic carbocycles. The van der Waals surface area contributed by atoms with E-state index in [1.807, 2.05) is 6.92 Å². The summed E-state index contributed by atoms with van der Waals surface area (Å²) in [5.41, 5.74) is 13.7. The molecule has 1 atom stereocenters. The third-order valence-electron chi connectivity index (χ3n) is 4.67. The summed E-state index contributed by atoms with van der Waals surface area (Å²) in [6, 6.07) is -0.942. The van der Waals surface area contributed by atoms with E-state index in [2.05, 4.69) is 21.9 Å². The van der Waals surface area contributed by atoms with Gasteiger partial charge in [0.1, 0.15) is 6.04 Å². The molecule has 5 N–H and O–H groups in total. The van der Waals surface area contributed by atoms with Crippen LogP contribution in [0, 0.1) is 12.8 Å². The van der Waals surface area contributed by atoms with E-state index in [0.29, 0.717) is 35.4 Å². The average Bonchev–Trinajstić information content (AvgIpc) is 3.22. The summed E-state index contributed by atoms with van der Waals surface area (Å²) < 4.78 is 0. The number of nitrogens with zero attached hydrogens (tertiary/aromatic N) is 3. The molecule has 0 bridgehead atoms. The minimum Gasteiger partial charge on any atom is -0.396 e. The highest BCUT2D eigenvalue weighted by atomic mass is 32.1. The van der Waals surface area contributed by atoms with Crippen LogP contribution >= 0.6 is 11.3 Å². The van der Waals surface area contributed by atoms with Crippen molar-refractivity contribution in [1.29, 1.82) is 0 Å². The van der Waals surface area contributed by atoms with Crippen LogP contribution in [0.15, 0.2) is 23.3 Å². The van der Waals surface area contributed by atoms with Crippen molar-refractivity contribution in [2.24, 2.45) is 22.4 Å². The fraction of sp³-hybridized carbons (Fsp3) is 0.444. The fourth-order valence-electron chi connectivity index (χ4n) is 3.02. The van der Waals surface area contributed by atoms with Crippen LogP contribution in [0.5, 0.6) is 0 Å². The lowest BCUT2D eigenvalue weighted by Gasteiger charge is -2.21. The number of urea groups is 1. The maximum atomic E-state index is 12.4. The van der Waals surface area contributed by atoms with Crippen molar-refractivity contribution < 1.29 is 9.59 Å². The number of aryl methyl sites for hydroxylation is 1. The summed E-state index contributed by atoms with van der Waals surface area (Å²) in [5.74, 6) is 0.0710. The Morgan fingerprint density at radius 3 is 2.78 bits per heavy atom. The molecular formula is C18H24N6O2S. The molecule has 0 spiro atoms. The molecule has 1 aromatic rings. The molecule has 1 aliphatic heterocycles. The standard InChI is InChI=1S/C18H24N6O2S/c1-10(12-5-6-12)8-21-9-13(19)15-11(2)22-17(27-15)23-18(26)24-7-3-4-14(24)16(20)25/h8-9,12,14H,1,3-7,19H2,2H3,(H2,20,25)(H,22,23,26)/b13-9-,21-8-/t14-/m0/s1. The Bertz CT molecular complexity index is 824. The van der Waals surface area contributed by atoms with E-state index in [0.717, 1.165) is 16.9 Å². The van der Waals surface area contributed by atoms with Crippen molar-refractivity contribution in [2.45, 2.75) is 38.6 Å². The van der Waals surface area contributed by atoms with Gasteiger partial charge in [0, 0.05) is 12.8 Å². The van der Waals surface area contributed by atoms with Crippen molar-refractivity contribution in [3.8, 4) is 0 Å². The minimum absolute atomic E-state index is 0.377. The van der Waals surface area contributed by atoms with Gasteiger partial charge in [0.2, 0.25) is 5.91 Å². The van der Waals surface area contributed by atoms with Gasteiger partial charge in [-0.3, -0.25) is 15.1 Å². The first-order valence-corrected chi connectivity index (χ1v) is 9.70. The Labute approximate surface area is 162 Å². The number of carbonyl (C=O) groups is 2. The van der Waals surface area contributed by atoms with Gasteiger partial charge in [0.15, 0.2) is 5.13 Å². The molecule has 2 aliphatic rings. The number of likely N-dealkylation sites (tertiary alicyclic amines) is 1. The lowest BCUT2D eigenvalue weighted by molar-refractivity contribution is -0.121. The van der Waals surface area contributed by atoms with Crippen molar-refractivity contribution in [3.63, 3.8) is 0 Å². The smallest absolute Gasteiger partial charge is 0.324 e. The van der Waals surface area contributed by atoms with Gasteiger partial charge >= 0.3 is 6.03 Å². The molecule has 2 fully saturated rings. The Kier molecular flexibility index (Phi) is 5.59. The van der Waals surface area contributed by atoms with Crippen LogP contribution in [0.4, 0.5) is 9.93 Å². The van der Waals surface area contributed by atoms with Gasteiger partial charge in [-0.2, -0.15) is 0 Å². The number of carbonyl (C=O) groups excluding carboxylic acids is 2. The zero-order chi connectivity index (χ0) is 19.6. The number of hydrogen-bond acceptors (Lipinski definition) is 6. The van der Waals surface area contributed by atoms with E-state index in [9.17, 15) is 9.59 Å².